The van der Waals surface area contributed by atoms with Crippen LogP contribution in [0.25, 0.3) is 0 Å². The molecule has 32 heavy (non-hydrogen) atoms. The normalized spacial score (nSPS) is 23.9. The van der Waals surface area contributed by atoms with Crippen LogP contribution >= 0.6 is 0 Å². The Labute approximate surface area is 190 Å². The molecule has 3 aliphatic rings. The highest BCUT2D eigenvalue weighted by atomic mass is 16.3. The van der Waals surface area contributed by atoms with Crippen LogP contribution in [-0.4, -0.2) is 65.7 Å². The molecule has 1 saturated heterocycles. The molecule has 4 heterocycles. The SMILES string of the molecule is O=C(CN1CCCN(CC2CCCCC2)CC1)N1N=C(c2ccco2)CC1c1ccco1. The van der Waals surface area contributed by atoms with Gasteiger partial charge in [0.15, 0.2) is 0 Å². The summed E-state index contributed by atoms with van der Waals surface area (Å²) in [5.74, 6) is 2.36. The lowest BCUT2D eigenvalue weighted by molar-refractivity contribution is -0.134. The number of carbonyl (C=O) groups is 1. The van der Waals surface area contributed by atoms with Crippen molar-refractivity contribution in [1.29, 1.82) is 0 Å². The molecule has 1 aliphatic carbocycles. The van der Waals surface area contributed by atoms with E-state index in [4.69, 9.17) is 8.83 Å². The summed E-state index contributed by atoms with van der Waals surface area (Å²) in [5.41, 5.74) is 0.791. The molecule has 0 radical (unpaired) electrons. The summed E-state index contributed by atoms with van der Waals surface area (Å²) in [6, 6.07) is 7.30. The van der Waals surface area contributed by atoms with Gasteiger partial charge in [-0.2, -0.15) is 5.10 Å². The number of carbonyl (C=O) groups excluding carboxylic acids is 1. The Balaban J connectivity index is 1.21. The third-order valence-corrected chi connectivity index (χ3v) is 7.12. The zero-order valence-electron chi connectivity index (χ0n) is 18.8. The van der Waals surface area contributed by atoms with Gasteiger partial charge in [0.25, 0.3) is 5.91 Å². The molecule has 2 fully saturated rings. The van der Waals surface area contributed by atoms with E-state index in [2.05, 4.69) is 14.9 Å². The van der Waals surface area contributed by atoms with Gasteiger partial charge in [0.05, 0.1) is 19.1 Å². The van der Waals surface area contributed by atoms with Crippen molar-refractivity contribution >= 4 is 11.6 Å². The van der Waals surface area contributed by atoms with Crippen molar-refractivity contribution < 1.29 is 13.6 Å². The third-order valence-electron chi connectivity index (χ3n) is 7.12. The molecule has 1 amide bonds. The minimum atomic E-state index is -0.215. The summed E-state index contributed by atoms with van der Waals surface area (Å²) < 4.78 is 11.2. The quantitative estimate of drug-likeness (QED) is 0.678. The Morgan fingerprint density at radius 1 is 0.938 bits per heavy atom. The first-order valence-corrected chi connectivity index (χ1v) is 12.2. The second-order valence-corrected chi connectivity index (χ2v) is 9.43. The smallest absolute Gasteiger partial charge is 0.257 e. The molecule has 0 spiro atoms. The van der Waals surface area contributed by atoms with Crippen LogP contribution in [0.1, 0.15) is 62.5 Å². The van der Waals surface area contributed by atoms with E-state index < -0.39 is 0 Å². The van der Waals surface area contributed by atoms with Crippen LogP contribution in [0.15, 0.2) is 50.7 Å². The topological polar surface area (TPSA) is 65.4 Å². The van der Waals surface area contributed by atoms with E-state index >= 15 is 0 Å². The van der Waals surface area contributed by atoms with Gasteiger partial charge in [0.2, 0.25) is 0 Å². The molecule has 7 heteroatoms. The number of amides is 1. The standard InChI is InChI=1S/C25H34N4O3/c30-25(19-28-12-6-11-27(13-14-28)18-20-7-2-1-3-8-20)29-22(24-10-5-16-32-24)17-21(26-29)23-9-4-15-31-23/h4-5,9-10,15-16,20,22H,1-3,6-8,11-14,17-19H2. The van der Waals surface area contributed by atoms with Gasteiger partial charge in [0.1, 0.15) is 23.3 Å². The van der Waals surface area contributed by atoms with Gasteiger partial charge in [-0.05, 0) is 62.5 Å². The van der Waals surface area contributed by atoms with Gasteiger partial charge < -0.3 is 13.7 Å². The molecule has 1 saturated carbocycles. The maximum absolute atomic E-state index is 13.3. The van der Waals surface area contributed by atoms with E-state index in [1.165, 1.54) is 38.6 Å². The summed E-state index contributed by atoms with van der Waals surface area (Å²) in [7, 11) is 0. The molecule has 1 unspecified atom stereocenters. The summed E-state index contributed by atoms with van der Waals surface area (Å²) in [4.78, 5) is 18.3. The van der Waals surface area contributed by atoms with E-state index in [9.17, 15) is 4.79 Å². The molecule has 2 aliphatic heterocycles. The summed E-state index contributed by atoms with van der Waals surface area (Å²) in [6.45, 7) is 5.70. The number of rotatable bonds is 6. The summed E-state index contributed by atoms with van der Waals surface area (Å²) in [5, 5.41) is 6.27. The van der Waals surface area contributed by atoms with Gasteiger partial charge in [-0.25, -0.2) is 5.01 Å². The van der Waals surface area contributed by atoms with Crippen molar-refractivity contribution in [3.8, 4) is 0 Å². The largest absolute Gasteiger partial charge is 0.467 e. The Morgan fingerprint density at radius 3 is 2.50 bits per heavy atom. The van der Waals surface area contributed by atoms with Crippen LogP contribution in [0.4, 0.5) is 0 Å². The molecular formula is C25H34N4O3. The van der Waals surface area contributed by atoms with Crippen molar-refractivity contribution in [2.24, 2.45) is 11.0 Å². The van der Waals surface area contributed by atoms with Crippen LogP contribution in [-0.2, 0) is 4.79 Å². The second kappa shape index (κ2) is 10.0. The molecule has 7 nitrogen and oxygen atoms in total. The van der Waals surface area contributed by atoms with Crippen LogP contribution < -0.4 is 0 Å². The lowest BCUT2D eigenvalue weighted by atomic mass is 9.89. The van der Waals surface area contributed by atoms with Crippen LogP contribution in [0.5, 0.6) is 0 Å². The van der Waals surface area contributed by atoms with Gasteiger partial charge >= 0.3 is 0 Å². The van der Waals surface area contributed by atoms with Gasteiger partial charge in [-0.15, -0.1) is 0 Å². The molecule has 0 aromatic carbocycles. The maximum Gasteiger partial charge on any atom is 0.257 e. The Hall–Kier alpha value is -2.38. The summed E-state index contributed by atoms with van der Waals surface area (Å²) in [6.07, 6.45) is 12.0. The zero-order valence-corrected chi connectivity index (χ0v) is 18.8. The Morgan fingerprint density at radius 2 is 1.72 bits per heavy atom. The maximum atomic E-state index is 13.3. The first-order valence-electron chi connectivity index (χ1n) is 12.2. The second-order valence-electron chi connectivity index (χ2n) is 9.43. The fraction of sp³-hybridized carbons (Fsp3) is 0.600. The minimum Gasteiger partial charge on any atom is -0.467 e. The van der Waals surface area contributed by atoms with Crippen LogP contribution in [0.2, 0.25) is 0 Å². The average molecular weight is 439 g/mol. The molecular weight excluding hydrogens is 404 g/mol. The molecule has 172 valence electrons. The van der Waals surface area contributed by atoms with Crippen molar-refractivity contribution in [3.05, 3.63) is 48.3 Å². The lowest BCUT2D eigenvalue weighted by Gasteiger charge is -2.29. The highest BCUT2D eigenvalue weighted by Crippen LogP contribution is 2.33. The first-order chi connectivity index (χ1) is 15.8. The Kier molecular flexibility index (Phi) is 6.74. The fourth-order valence-electron chi connectivity index (χ4n) is 5.40. The predicted octanol–water partition coefficient (Wildman–Crippen LogP) is 4.14. The van der Waals surface area contributed by atoms with Crippen molar-refractivity contribution in [3.63, 3.8) is 0 Å². The molecule has 5 rings (SSSR count). The van der Waals surface area contributed by atoms with E-state index in [-0.39, 0.29) is 11.9 Å². The first kappa shape index (κ1) is 21.5. The molecule has 0 N–H and O–H groups in total. The van der Waals surface area contributed by atoms with Crippen molar-refractivity contribution in [1.82, 2.24) is 14.8 Å². The number of hydrazone groups is 1. The monoisotopic (exact) mass is 438 g/mol. The fourth-order valence-corrected chi connectivity index (χ4v) is 5.40. The molecule has 1 atom stereocenters. The highest BCUT2D eigenvalue weighted by molar-refractivity contribution is 6.01. The molecule has 2 aromatic heterocycles. The summed E-state index contributed by atoms with van der Waals surface area (Å²) >= 11 is 0. The number of hydrogen-bond acceptors (Lipinski definition) is 6. The minimum absolute atomic E-state index is 0.0219. The molecule has 0 bridgehead atoms. The average Bonchev–Trinajstić information content (AvgIpc) is 3.56. The Bertz CT molecular complexity index is 886. The molecule has 2 aromatic rings. The van der Waals surface area contributed by atoms with E-state index in [1.807, 2.05) is 24.3 Å². The highest BCUT2D eigenvalue weighted by Gasteiger charge is 2.36. The van der Waals surface area contributed by atoms with Gasteiger partial charge in [-0.3, -0.25) is 9.69 Å². The van der Waals surface area contributed by atoms with E-state index in [0.29, 0.717) is 18.7 Å². The van der Waals surface area contributed by atoms with Crippen LogP contribution in [0.3, 0.4) is 0 Å². The zero-order chi connectivity index (χ0) is 21.8. The van der Waals surface area contributed by atoms with Crippen molar-refractivity contribution in [2.45, 2.75) is 51.0 Å². The number of furan rings is 2. The van der Waals surface area contributed by atoms with E-state index in [1.54, 1.807) is 17.5 Å². The number of nitrogens with zero attached hydrogens (tertiary/aromatic N) is 4. The van der Waals surface area contributed by atoms with E-state index in [0.717, 1.165) is 50.0 Å². The third kappa shape index (κ3) is 4.99. The van der Waals surface area contributed by atoms with Crippen LogP contribution in [0, 0.1) is 5.92 Å². The van der Waals surface area contributed by atoms with Gasteiger partial charge in [-0.1, -0.05) is 19.3 Å². The van der Waals surface area contributed by atoms with Crippen molar-refractivity contribution in [2.75, 3.05) is 39.3 Å². The van der Waals surface area contributed by atoms with Gasteiger partial charge in [0, 0.05) is 26.1 Å². The number of hydrogen-bond donors (Lipinski definition) is 0. The lowest BCUT2D eigenvalue weighted by Crippen LogP contribution is -2.40. The predicted molar refractivity (Wildman–Crippen MR) is 122 cm³/mol.